The maximum Gasteiger partial charge on any atom is 0.295 e. The second-order valence-corrected chi connectivity index (χ2v) is 6.38. The number of ether oxygens (including phenoxy) is 1. The fourth-order valence-electron chi connectivity index (χ4n) is 2.99. The molecule has 1 atom stereocenters. The molecule has 2 aromatic rings. The maximum atomic E-state index is 12.6. The van der Waals surface area contributed by atoms with E-state index in [1.165, 1.54) is 18.1 Å². The molecule has 1 fully saturated rings. The third-order valence-corrected chi connectivity index (χ3v) is 4.44. The Bertz CT molecular complexity index is 886. The standard InChI is InChI=1S/C19H18ClNO5/c1-11-6-7-14(26-11)16-15(17(22)12-4-3-5-13(20)10-12)18(23)19(24)21(16)8-9-25-2/h3-7,10,16,22H,8-9H2,1-2H3/b17-15-. The SMILES string of the molecule is COCCN1C(=O)C(=O)/C(=C(\O)c2cccc(Cl)c2)C1c1ccc(C)o1. The van der Waals surface area contributed by atoms with Gasteiger partial charge in [0.15, 0.2) is 0 Å². The van der Waals surface area contributed by atoms with Crippen LogP contribution < -0.4 is 0 Å². The van der Waals surface area contributed by atoms with E-state index >= 15 is 0 Å². The summed E-state index contributed by atoms with van der Waals surface area (Å²) in [7, 11) is 1.51. The number of hydrogen-bond acceptors (Lipinski definition) is 5. The van der Waals surface area contributed by atoms with Crippen molar-refractivity contribution in [3.63, 3.8) is 0 Å². The second-order valence-electron chi connectivity index (χ2n) is 5.94. The molecule has 1 unspecified atom stereocenters. The average Bonchev–Trinajstić information content (AvgIpc) is 3.15. The molecule has 1 aliphatic rings. The van der Waals surface area contributed by atoms with E-state index in [9.17, 15) is 14.7 Å². The number of likely N-dealkylation sites (tertiary alicyclic amines) is 1. The summed E-state index contributed by atoms with van der Waals surface area (Å²) in [6.45, 7) is 2.21. The van der Waals surface area contributed by atoms with Gasteiger partial charge >= 0.3 is 0 Å². The van der Waals surface area contributed by atoms with Crippen LogP contribution in [-0.2, 0) is 14.3 Å². The number of furan rings is 1. The quantitative estimate of drug-likeness (QED) is 0.492. The Labute approximate surface area is 155 Å². The number of aryl methyl sites for hydroxylation is 1. The van der Waals surface area contributed by atoms with Crippen molar-refractivity contribution in [3.05, 3.63) is 64.1 Å². The third kappa shape index (κ3) is 3.25. The number of benzene rings is 1. The lowest BCUT2D eigenvalue weighted by atomic mass is 9.99. The number of Topliss-reactive ketones (excluding diaryl/α,β-unsaturated/α-hetero) is 1. The zero-order valence-corrected chi connectivity index (χ0v) is 15.1. The van der Waals surface area contributed by atoms with Crippen molar-refractivity contribution >= 4 is 29.1 Å². The van der Waals surface area contributed by atoms with Gasteiger partial charge in [-0.05, 0) is 31.2 Å². The molecular formula is C19H18ClNO5. The molecule has 136 valence electrons. The molecule has 1 aromatic carbocycles. The van der Waals surface area contributed by atoms with E-state index in [2.05, 4.69) is 0 Å². The summed E-state index contributed by atoms with van der Waals surface area (Å²) in [5.41, 5.74) is 0.332. The topological polar surface area (TPSA) is 80.0 Å². The summed E-state index contributed by atoms with van der Waals surface area (Å²) in [6, 6.07) is 9.07. The van der Waals surface area contributed by atoms with E-state index in [-0.39, 0.29) is 24.5 Å². The molecule has 0 bridgehead atoms. The summed E-state index contributed by atoms with van der Waals surface area (Å²) >= 11 is 5.98. The molecule has 3 rings (SSSR count). The van der Waals surface area contributed by atoms with E-state index in [0.717, 1.165) is 0 Å². The summed E-state index contributed by atoms with van der Waals surface area (Å²) in [5.74, 6) is -0.714. The highest BCUT2D eigenvalue weighted by Gasteiger charge is 2.47. The molecule has 0 spiro atoms. The van der Waals surface area contributed by atoms with Gasteiger partial charge in [-0.2, -0.15) is 0 Å². The zero-order chi connectivity index (χ0) is 18.8. The van der Waals surface area contributed by atoms with Gasteiger partial charge < -0.3 is 19.2 Å². The van der Waals surface area contributed by atoms with Gasteiger partial charge in [0.1, 0.15) is 23.3 Å². The largest absolute Gasteiger partial charge is 0.507 e. The van der Waals surface area contributed by atoms with Crippen molar-refractivity contribution in [2.75, 3.05) is 20.3 Å². The number of aliphatic hydroxyl groups excluding tert-OH is 1. The van der Waals surface area contributed by atoms with Gasteiger partial charge in [0, 0.05) is 24.2 Å². The number of carbonyl (C=O) groups excluding carboxylic acids is 2. The minimum absolute atomic E-state index is 0.0253. The molecule has 1 saturated heterocycles. The molecule has 26 heavy (non-hydrogen) atoms. The van der Waals surface area contributed by atoms with Crippen molar-refractivity contribution in [2.45, 2.75) is 13.0 Å². The first-order valence-electron chi connectivity index (χ1n) is 8.03. The molecule has 6 nitrogen and oxygen atoms in total. The smallest absolute Gasteiger partial charge is 0.295 e. The lowest BCUT2D eigenvalue weighted by Gasteiger charge is -2.22. The predicted octanol–water partition coefficient (Wildman–Crippen LogP) is 3.31. The van der Waals surface area contributed by atoms with Crippen LogP contribution >= 0.6 is 11.6 Å². The minimum Gasteiger partial charge on any atom is -0.507 e. The molecule has 2 heterocycles. The summed E-state index contributed by atoms with van der Waals surface area (Å²) in [6.07, 6.45) is 0. The Kier molecular flexibility index (Phi) is 5.15. The van der Waals surface area contributed by atoms with Crippen LogP contribution in [0.25, 0.3) is 5.76 Å². The number of amides is 1. The van der Waals surface area contributed by atoms with Gasteiger partial charge in [0.05, 0.1) is 12.2 Å². The first-order chi connectivity index (χ1) is 12.4. The Hall–Kier alpha value is -2.57. The van der Waals surface area contributed by atoms with E-state index in [1.807, 2.05) is 0 Å². The number of ketones is 1. The van der Waals surface area contributed by atoms with Crippen LogP contribution in [0.15, 0.2) is 46.4 Å². The number of methoxy groups -OCH3 is 1. The van der Waals surface area contributed by atoms with Crippen LogP contribution in [0.5, 0.6) is 0 Å². The number of aliphatic hydroxyl groups is 1. The molecule has 0 aliphatic carbocycles. The molecule has 1 aromatic heterocycles. The zero-order valence-electron chi connectivity index (χ0n) is 14.4. The van der Waals surface area contributed by atoms with Crippen LogP contribution in [0, 0.1) is 6.92 Å². The molecular weight excluding hydrogens is 358 g/mol. The molecule has 1 aliphatic heterocycles. The first-order valence-corrected chi connectivity index (χ1v) is 8.41. The number of rotatable bonds is 5. The van der Waals surface area contributed by atoms with Crippen molar-refractivity contribution < 1.29 is 23.8 Å². The lowest BCUT2D eigenvalue weighted by Crippen LogP contribution is -2.32. The van der Waals surface area contributed by atoms with Gasteiger partial charge in [0.25, 0.3) is 11.7 Å². The number of nitrogens with zero attached hydrogens (tertiary/aromatic N) is 1. The number of hydrogen-bond donors (Lipinski definition) is 1. The third-order valence-electron chi connectivity index (χ3n) is 4.20. The first kappa shape index (κ1) is 18.2. The van der Waals surface area contributed by atoms with E-state index in [4.69, 9.17) is 20.8 Å². The molecule has 0 radical (unpaired) electrons. The van der Waals surface area contributed by atoms with Crippen LogP contribution in [-0.4, -0.2) is 42.0 Å². The van der Waals surface area contributed by atoms with Crippen molar-refractivity contribution in [3.8, 4) is 0 Å². The van der Waals surface area contributed by atoms with Gasteiger partial charge in [-0.1, -0.05) is 23.7 Å². The number of carbonyl (C=O) groups is 2. The van der Waals surface area contributed by atoms with Crippen LogP contribution in [0.3, 0.4) is 0 Å². The molecule has 1 amide bonds. The van der Waals surface area contributed by atoms with Crippen LogP contribution in [0.4, 0.5) is 0 Å². The van der Waals surface area contributed by atoms with Crippen LogP contribution in [0.1, 0.15) is 23.1 Å². The molecule has 0 saturated carbocycles. The molecule has 1 N–H and O–H groups in total. The fourth-order valence-corrected chi connectivity index (χ4v) is 3.18. The highest BCUT2D eigenvalue weighted by atomic mass is 35.5. The summed E-state index contributed by atoms with van der Waals surface area (Å²) in [5, 5.41) is 11.2. The Balaban J connectivity index is 2.15. The lowest BCUT2D eigenvalue weighted by molar-refractivity contribution is -0.140. The van der Waals surface area contributed by atoms with Crippen molar-refractivity contribution in [1.82, 2.24) is 4.90 Å². The monoisotopic (exact) mass is 375 g/mol. The normalized spacial score (nSPS) is 19.3. The van der Waals surface area contributed by atoms with E-state index < -0.39 is 17.7 Å². The van der Waals surface area contributed by atoms with Gasteiger partial charge in [-0.3, -0.25) is 9.59 Å². The number of halogens is 1. The molecule has 7 heteroatoms. The summed E-state index contributed by atoms with van der Waals surface area (Å²) < 4.78 is 10.7. The maximum absolute atomic E-state index is 12.6. The highest BCUT2D eigenvalue weighted by Crippen LogP contribution is 2.40. The highest BCUT2D eigenvalue weighted by molar-refractivity contribution is 6.46. The van der Waals surface area contributed by atoms with E-state index in [1.54, 1.807) is 37.3 Å². The van der Waals surface area contributed by atoms with Crippen molar-refractivity contribution in [2.24, 2.45) is 0 Å². The minimum atomic E-state index is -0.821. The van der Waals surface area contributed by atoms with Crippen molar-refractivity contribution in [1.29, 1.82) is 0 Å². The van der Waals surface area contributed by atoms with Gasteiger partial charge in [-0.25, -0.2) is 0 Å². The Morgan fingerprint density at radius 1 is 1.31 bits per heavy atom. The fraction of sp³-hybridized carbons (Fsp3) is 0.263. The van der Waals surface area contributed by atoms with Gasteiger partial charge in [-0.15, -0.1) is 0 Å². The predicted molar refractivity (Wildman–Crippen MR) is 95.8 cm³/mol. The Morgan fingerprint density at radius 3 is 2.69 bits per heavy atom. The average molecular weight is 376 g/mol. The van der Waals surface area contributed by atoms with Crippen LogP contribution in [0.2, 0.25) is 5.02 Å². The van der Waals surface area contributed by atoms with Gasteiger partial charge in [0.2, 0.25) is 0 Å². The summed E-state index contributed by atoms with van der Waals surface area (Å²) in [4.78, 5) is 26.5. The second kappa shape index (κ2) is 7.35. The van der Waals surface area contributed by atoms with E-state index in [0.29, 0.717) is 22.1 Å². The Morgan fingerprint density at radius 2 is 2.08 bits per heavy atom.